The van der Waals surface area contributed by atoms with Crippen molar-refractivity contribution in [3.63, 3.8) is 0 Å². The SMILES string of the molecule is CC1CN(Cc2nnc(N)s2)CCCO1. The van der Waals surface area contributed by atoms with E-state index in [9.17, 15) is 0 Å². The molecule has 2 N–H and O–H groups in total. The van der Waals surface area contributed by atoms with Crippen LogP contribution in [0.1, 0.15) is 18.4 Å². The van der Waals surface area contributed by atoms with Crippen molar-refractivity contribution >= 4 is 16.5 Å². The fourth-order valence-corrected chi connectivity index (χ4v) is 2.40. The summed E-state index contributed by atoms with van der Waals surface area (Å²) in [5.41, 5.74) is 5.54. The van der Waals surface area contributed by atoms with Crippen LogP contribution in [0, 0.1) is 0 Å². The van der Waals surface area contributed by atoms with Crippen LogP contribution in [0.25, 0.3) is 0 Å². The zero-order chi connectivity index (χ0) is 10.7. The van der Waals surface area contributed by atoms with Crippen LogP contribution in [-0.2, 0) is 11.3 Å². The number of hydrogen-bond acceptors (Lipinski definition) is 6. The Morgan fingerprint density at radius 3 is 3.20 bits per heavy atom. The third-order valence-electron chi connectivity index (χ3n) is 2.38. The number of hydrogen-bond donors (Lipinski definition) is 1. The molecule has 1 aromatic rings. The second kappa shape index (κ2) is 4.87. The van der Waals surface area contributed by atoms with Gasteiger partial charge in [-0.05, 0) is 13.3 Å². The van der Waals surface area contributed by atoms with E-state index in [-0.39, 0.29) is 0 Å². The summed E-state index contributed by atoms with van der Waals surface area (Å²) in [6, 6.07) is 0. The molecule has 0 spiro atoms. The lowest BCUT2D eigenvalue weighted by Crippen LogP contribution is -2.29. The summed E-state index contributed by atoms with van der Waals surface area (Å²) >= 11 is 1.46. The van der Waals surface area contributed by atoms with Gasteiger partial charge in [-0.2, -0.15) is 0 Å². The largest absolute Gasteiger partial charge is 0.377 e. The third kappa shape index (κ3) is 3.12. The minimum absolute atomic E-state index is 0.303. The first-order valence-corrected chi connectivity index (χ1v) is 5.97. The number of nitrogens with two attached hydrogens (primary N) is 1. The lowest BCUT2D eigenvalue weighted by Gasteiger charge is -2.19. The topological polar surface area (TPSA) is 64.3 Å². The van der Waals surface area contributed by atoms with Crippen LogP contribution in [0.2, 0.25) is 0 Å². The van der Waals surface area contributed by atoms with Crippen LogP contribution in [0.5, 0.6) is 0 Å². The standard InChI is InChI=1S/C9H16N4OS/c1-7-5-13(3-2-4-14-7)6-8-11-12-9(10)15-8/h7H,2-6H2,1H3,(H2,10,12). The summed E-state index contributed by atoms with van der Waals surface area (Å²) in [5.74, 6) is 0. The van der Waals surface area contributed by atoms with Gasteiger partial charge in [-0.3, -0.25) is 4.90 Å². The van der Waals surface area contributed by atoms with Crippen LogP contribution in [0.15, 0.2) is 0 Å². The molecule has 5 nitrogen and oxygen atoms in total. The molecule has 1 fully saturated rings. The van der Waals surface area contributed by atoms with Gasteiger partial charge in [0.05, 0.1) is 12.6 Å². The molecule has 0 saturated carbocycles. The van der Waals surface area contributed by atoms with E-state index in [2.05, 4.69) is 22.0 Å². The highest BCUT2D eigenvalue weighted by atomic mass is 32.1. The molecule has 6 heteroatoms. The van der Waals surface area contributed by atoms with E-state index >= 15 is 0 Å². The number of aromatic nitrogens is 2. The molecule has 2 heterocycles. The number of nitrogen functional groups attached to an aromatic ring is 1. The predicted octanol–water partition coefficient (Wildman–Crippen LogP) is 0.731. The first-order chi connectivity index (χ1) is 7.24. The van der Waals surface area contributed by atoms with Crippen molar-refractivity contribution in [3.8, 4) is 0 Å². The maximum absolute atomic E-state index is 5.58. The Morgan fingerprint density at radius 2 is 2.47 bits per heavy atom. The Bertz CT molecular complexity index is 317. The highest BCUT2D eigenvalue weighted by molar-refractivity contribution is 7.15. The average Bonchev–Trinajstić information content (AvgIpc) is 2.46. The number of nitrogens with zero attached hydrogens (tertiary/aromatic N) is 3. The second-order valence-corrected chi connectivity index (χ2v) is 4.90. The number of ether oxygens (including phenoxy) is 1. The molecule has 1 saturated heterocycles. The highest BCUT2D eigenvalue weighted by Crippen LogP contribution is 2.15. The van der Waals surface area contributed by atoms with Crippen molar-refractivity contribution in [1.29, 1.82) is 0 Å². The Balaban J connectivity index is 1.92. The zero-order valence-electron chi connectivity index (χ0n) is 8.85. The lowest BCUT2D eigenvalue weighted by atomic mass is 10.3. The van der Waals surface area contributed by atoms with Gasteiger partial charge in [-0.1, -0.05) is 11.3 Å². The van der Waals surface area contributed by atoms with Crippen molar-refractivity contribution < 1.29 is 4.74 Å². The quantitative estimate of drug-likeness (QED) is 0.808. The summed E-state index contributed by atoms with van der Waals surface area (Å²) in [6.45, 7) is 5.81. The molecule has 1 unspecified atom stereocenters. The van der Waals surface area contributed by atoms with Crippen LogP contribution in [0.3, 0.4) is 0 Å². The normalized spacial score (nSPS) is 23.9. The van der Waals surface area contributed by atoms with Crippen molar-refractivity contribution in [2.24, 2.45) is 0 Å². The summed E-state index contributed by atoms with van der Waals surface area (Å²) in [7, 11) is 0. The smallest absolute Gasteiger partial charge is 0.203 e. The first kappa shape index (κ1) is 10.8. The van der Waals surface area contributed by atoms with Crippen molar-refractivity contribution in [2.75, 3.05) is 25.4 Å². The summed E-state index contributed by atoms with van der Waals surface area (Å²) < 4.78 is 5.58. The molecule has 1 atom stereocenters. The minimum atomic E-state index is 0.303. The minimum Gasteiger partial charge on any atom is -0.377 e. The van der Waals surface area contributed by atoms with Gasteiger partial charge < -0.3 is 10.5 Å². The van der Waals surface area contributed by atoms with E-state index in [1.54, 1.807) is 0 Å². The van der Waals surface area contributed by atoms with E-state index in [1.165, 1.54) is 11.3 Å². The summed E-state index contributed by atoms with van der Waals surface area (Å²) in [6.07, 6.45) is 1.39. The molecule has 1 aromatic heterocycles. The zero-order valence-corrected chi connectivity index (χ0v) is 9.66. The van der Waals surface area contributed by atoms with Crippen molar-refractivity contribution in [1.82, 2.24) is 15.1 Å². The highest BCUT2D eigenvalue weighted by Gasteiger charge is 2.16. The Labute approximate surface area is 93.2 Å². The Hall–Kier alpha value is -0.720. The fourth-order valence-electron chi connectivity index (χ4n) is 1.75. The molecule has 1 aliphatic rings. The second-order valence-electron chi connectivity index (χ2n) is 3.80. The van der Waals surface area contributed by atoms with Gasteiger partial charge in [-0.25, -0.2) is 0 Å². The molecule has 0 aromatic carbocycles. The van der Waals surface area contributed by atoms with Gasteiger partial charge in [0.2, 0.25) is 5.13 Å². The van der Waals surface area contributed by atoms with Crippen molar-refractivity contribution in [3.05, 3.63) is 5.01 Å². The van der Waals surface area contributed by atoms with Crippen LogP contribution in [0.4, 0.5) is 5.13 Å². The molecule has 0 aliphatic carbocycles. The molecule has 2 rings (SSSR count). The average molecular weight is 228 g/mol. The van der Waals surface area contributed by atoms with Gasteiger partial charge in [-0.15, -0.1) is 10.2 Å². The van der Waals surface area contributed by atoms with Gasteiger partial charge >= 0.3 is 0 Å². The molecule has 0 bridgehead atoms. The Morgan fingerprint density at radius 1 is 1.60 bits per heavy atom. The third-order valence-corrected chi connectivity index (χ3v) is 3.11. The molecule has 15 heavy (non-hydrogen) atoms. The van der Waals surface area contributed by atoms with Crippen LogP contribution < -0.4 is 5.73 Å². The van der Waals surface area contributed by atoms with E-state index in [0.29, 0.717) is 11.2 Å². The maximum atomic E-state index is 5.58. The van der Waals surface area contributed by atoms with E-state index in [4.69, 9.17) is 10.5 Å². The van der Waals surface area contributed by atoms with Gasteiger partial charge in [0.15, 0.2) is 0 Å². The molecule has 0 radical (unpaired) electrons. The summed E-state index contributed by atoms with van der Waals surface area (Å²) in [4.78, 5) is 2.34. The maximum Gasteiger partial charge on any atom is 0.203 e. The monoisotopic (exact) mass is 228 g/mol. The molecular formula is C9H16N4OS. The summed E-state index contributed by atoms with van der Waals surface area (Å²) in [5, 5.41) is 9.37. The van der Waals surface area contributed by atoms with Crippen molar-refractivity contribution in [2.45, 2.75) is 26.0 Å². The predicted molar refractivity (Wildman–Crippen MR) is 59.6 cm³/mol. The molecular weight excluding hydrogens is 212 g/mol. The van der Waals surface area contributed by atoms with Crippen LogP contribution in [-0.4, -0.2) is 40.9 Å². The molecule has 0 amide bonds. The van der Waals surface area contributed by atoms with E-state index in [0.717, 1.165) is 37.7 Å². The number of rotatable bonds is 2. The lowest BCUT2D eigenvalue weighted by molar-refractivity contribution is 0.0667. The first-order valence-electron chi connectivity index (χ1n) is 5.16. The molecule has 84 valence electrons. The van der Waals surface area contributed by atoms with Gasteiger partial charge in [0.25, 0.3) is 0 Å². The fraction of sp³-hybridized carbons (Fsp3) is 0.778. The number of anilines is 1. The van der Waals surface area contributed by atoms with E-state index in [1.807, 2.05) is 0 Å². The Kier molecular flexibility index (Phi) is 3.50. The van der Waals surface area contributed by atoms with E-state index < -0.39 is 0 Å². The van der Waals surface area contributed by atoms with Gasteiger partial charge in [0, 0.05) is 19.7 Å². The van der Waals surface area contributed by atoms with Crippen LogP contribution >= 0.6 is 11.3 Å². The van der Waals surface area contributed by atoms with Gasteiger partial charge in [0.1, 0.15) is 5.01 Å². The molecule has 1 aliphatic heterocycles.